The lowest BCUT2D eigenvalue weighted by molar-refractivity contribution is -0.110. The van der Waals surface area contributed by atoms with Crippen molar-refractivity contribution in [2.45, 2.75) is 4.90 Å². The Morgan fingerprint density at radius 2 is 1.29 bits per heavy atom. The van der Waals surface area contributed by atoms with Crippen LogP contribution in [0.4, 0.5) is 28.4 Å². The number of ketones is 2. The highest BCUT2D eigenvalue weighted by atomic mass is 35.5. The summed E-state index contributed by atoms with van der Waals surface area (Å²) in [6.45, 7) is 0. The molecule has 15 nitrogen and oxygen atoms in total. The SMILES string of the molecule is Nc1c(N=Nc2ccccc2Cl)c(S(=O)(=O)O)cc2c1C(=O)/C(=N/Nc1ccc(-c3ccc(NN=C4C=CC(=O)C=C4)cc3)cc1)C(S(=O)(=O)O)=C2. The van der Waals surface area contributed by atoms with Crippen molar-refractivity contribution in [2.24, 2.45) is 20.4 Å². The topological polar surface area (TPSA) is 242 Å². The third-order valence-corrected chi connectivity index (χ3v) is 9.57. The van der Waals surface area contributed by atoms with Crippen molar-refractivity contribution >= 4 is 89.3 Å². The van der Waals surface area contributed by atoms with E-state index in [4.69, 9.17) is 17.3 Å². The van der Waals surface area contributed by atoms with Crippen LogP contribution >= 0.6 is 11.6 Å². The van der Waals surface area contributed by atoms with Crippen molar-refractivity contribution in [3.05, 3.63) is 124 Å². The molecular formula is C34H24ClN7O8S2. The number of fused-ring (bicyclic) bond motifs is 1. The number of benzene rings is 4. The molecule has 0 saturated carbocycles. The Morgan fingerprint density at radius 1 is 0.712 bits per heavy atom. The van der Waals surface area contributed by atoms with E-state index in [0.29, 0.717) is 17.1 Å². The number of anilines is 3. The monoisotopic (exact) mass is 757 g/mol. The maximum Gasteiger partial charge on any atom is 0.296 e. The van der Waals surface area contributed by atoms with E-state index < -0.39 is 58.5 Å². The number of rotatable bonds is 9. The van der Waals surface area contributed by atoms with E-state index in [2.05, 4.69) is 31.3 Å². The van der Waals surface area contributed by atoms with Gasteiger partial charge in [-0.1, -0.05) is 48.0 Å². The van der Waals surface area contributed by atoms with E-state index in [1.165, 1.54) is 24.3 Å². The first-order valence-electron chi connectivity index (χ1n) is 14.8. The number of nitrogen functional groups attached to an aromatic ring is 1. The van der Waals surface area contributed by atoms with Gasteiger partial charge in [0.15, 0.2) is 11.5 Å². The van der Waals surface area contributed by atoms with Gasteiger partial charge in [0.2, 0.25) is 5.78 Å². The molecule has 0 amide bonds. The molecule has 0 unspecified atom stereocenters. The molecule has 0 spiro atoms. The number of azo groups is 1. The number of nitrogens with zero attached hydrogens (tertiary/aromatic N) is 4. The Balaban J connectivity index is 1.28. The highest BCUT2D eigenvalue weighted by molar-refractivity contribution is 7.91. The van der Waals surface area contributed by atoms with E-state index in [1.54, 1.807) is 48.6 Å². The molecule has 0 aliphatic heterocycles. The van der Waals surface area contributed by atoms with E-state index in [-0.39, 0.29) is 22.1 Å². The fourth-order valence-electron chi connectivity index (χ4n) is 4.98. The quantitative estimate of drug-likeness (QED) is 0.0400. The first-order chi connectivity index (χ1) is 24.7. The Kier molecular flexibility index (Phi) is 9.79. The van der Waals surface area contributed by atoms with Crippen LogP contribution in [0.5, 0.6) is 0 Å². The molecule has 2 aliphatic rings. The number of Topliss-reactive ketones (excluding diaryl/α,β-unsaturated/α-hetero) is 1. The van der Waals surface area contributed by atoms with Crippen LogP contribution < -0.4 is 16.6 Å². The Bertz CT molecular complexity index is 2540. The predicted octanol–water partition coefficient (Wildman–Crippen LogP) is 6.61. The van der Waals surface area contributed by atoms with Gasteiger partial charge in [-0.25, -0.2) is 0 Å². The summed E-state index contributed by atoms with van der Waals surface area (Å²) in [6, 6.07) is 21.0. The van der Waals surface area contributed by atoms with Crippen molar-refractivity contribution in [2.75, 3.05) is 16.6 Å². The van der Waals surface area contributed by atoms with Crippen LogP contribution in [0.15, 0.2) is 133 Å². The molecular weight excluding hydrogens is 734 g/mol. The summed E-state index contributed by atoms with van der Waals surface area (Å²) in [5, 5.41) is 16.1. The minimum absolute atomic E-state index is 0.113. The molecule has 0 atom stereocenters. The first-order valence-corrected chi connectivity index (χ1v) is 18.1. The van der Waals surface area contributed by atoms with Crippen molar-refractivity contribution in [3.8, 4) is 11.1 Å². The second-order valence-corrected chi connectivity index (χ2v) is 14.2. The van der Waals surface area contributed by atoms with Crippen molar-refractivity contribution in [1.29, 1.82) is 0 Å². The molecule has 0 aromatic heterocycles. The maximum atomic E-state index is 13.8. The van der Waals surface area contributed by atoms with Gasteiger partial charge in [-0.05, 0) is 89.5 Å². The number of carbonyl (C=O) groups excluding carboxylic acids is 2. The van der Waals surface area contributed by atoms with Gasteiger partial charge in [0.05, 0.1) is 33.4 Å². The minimum Gasteiger partial charge on any atom is -0.396 e. The summed E-state index contributed by atoms with van der Waals surface area (Å²) in [5.74, 6) is -1.22. The van der Waals surface area contributed by atoms with Crippen LogP contribution in [0.2, 0.25) is 5.02 Å². The van der Waals surface area contributed by atoms with Gasteiger partial charge < -0.3 is 5.73 Å². The largest absolute Gasteiger partial charge is 0.396 e. The molecule has 0 saturated heterocycles. The number of halogens is 1. The van der Waals surface area contributed by atoms with Crippen LogP contribution in [0.3, 0.4) is 0 Å². The molecule has 262 valence electrons. The van der Waals surface area contributed by atoms with Crippen LogP contribution in [-0.2, 0) is 25.0 Å². The third-order valence-electron chi connectivity index (χ3n) is 7.51. The zero-order valence-electron chi connectivity index (χ0n) is 26.3. The van der Waals surface area contributed by atoms with Crippen LogP contribution in [0.1, 0.15) is 15.9 Å². The number of hydrogen-bond acceptors (Lipinski definition) is 13. The molecule has 0 heterocycles. The molecule has 6 rings (SSSR count). The minimum atomic E-state index is -5.11. The lowest BCUT2D eigenvalue weighted by atomic mass is 9.92. The van der Waals surface area contributed by atoms with Gasteiger partial charge in [0.25, 0.3) is 20.2 Å². The lowest BCUT2D eigenvalue weighted by Gasteiger charge is -2.20. The fraction of sp³-hybridized carbons (Fsp3) is 0. The van der Waals surface area contributed by atoms with Crippen molar-refractivity contribution in [1.82, 2.24) is 0 Å². The van der Waals surface area contributed by atoms with E-state index in [0.717, 1.165) is 23.3 Å². The van der Waals surface area contributed by atoms with Gasteiger partial charge in [-0.2, -0.15) is 27.0 Å². The van der Waals surface area contributed by atoms with Gasteiger partial charge in [0.1, 0.15) is 21.2 Å². The normalized spacial score (nSPS) is 15.2. The maximum absolute atomic E-state index is 13.8. The smallest absolute Gasteiger partial charge is 0.296 e. The van der Waals surface area contributed by atoms with Crippen molar-refractivity contribution < 1.29 is 35.5 Å². The zero-order chi connectivity index (χ0) is 37.2. The average Bonchev–Trinajstić information content (AvgIpc) is 3.10. The van der Waals surface area contributed by atoms with Gasteiger partial charge in [0, 0.05) is 0 Å². The molecule has 0 bridgehead atoms. The highest BCUT2D eigenvalue weighted by Gasteiger charge is 2.37. The van der Waals surface area contributed by atoms with Gasteiger partial charge in [-0.3, -0.25) is 29.5 Å². The standard InChI is InChI=1S/C34H24ClN7O8S2/c35-26-3-1-2-4-27(26)40-41-32-28(51(45,46)47)17-21-18-29(52(48,49)50)33(34(44)30(21)31(32)36)42-39-23-11-7-20(8-12-23)19-5-9-22(10-6-19)37-38-24-13-15-25(43)16-14-24/h1-18,37,39H,36H2,(H,45,46,47)(H,48,49,50)/b41-40?,42-33+. The average molecular weight is 758 g/mol. The number of hydrogen-bond donors (Lipinski definition) is 5. The Labute approximate surface area is 301 Å². The van der Waals surface area contributed by atoms with Gasteiger partial charge in [-0.15, -0.1) is 10.2 Å². The summed E-state index contributed by atoms with van der Waals surface area (Å²) in [7, 11) is -10.2. The predicted molar refractivity (Wildman–Crippen MR) is 197 cm³/mol. The van der Waals surface area contributed by atoms with Crippen LogP contribution in [0, 0.1) is 0 Å². The molecule has 6 N–H and O–H groups in total. The number of nitrogens with one attached hydrogen (secondary N) is 2. The molecule has 2 aliphatic carbocycles. The van der Waals surface area contributed by atoms with E-state index in [9.17, 15) is 35.5 Å². The van der Waals surface area contributed by atoms with E-state index >= 15 is 0 Å². The summed E-state index contributed by atoms with van der Waals surface area (Å²) in [5.41, 5.74) is 12.4. The third kappa shape index (κ3) is 7.78. The summed E-state index contributed by atoms with van der Waals surface area (Å²) in [6.07, 6.45) is 6.82. The van der Waals surface area contributed by atoms with Gasteiger partial charge >= 0.3 is 0 Å². The fourth-order valence-corrected chi connectivity index (χ4v) is 6.48. The second-order valence-electron chi connectivity index (χ2n) is 11.0. The summed E-state index contributed by atoms with van der Waals surface area (Å²) < 4.78 is 69.4. The number of nitrogens with two attached hydrogens (primary N) is 1. The zero-order valence-corrected chi connectivity index (χ0v) is 28.7. The number of carbonyl (C=O) groups is 2. The number of allylic oxidation sites excluding steroid dienone is 5. The summed E-state index contributed by atoms with van der Waals surface area (Å²) in [4.78, 5) is 23.2. The van der Waals surface area contributed by atoms with E-state index in [1.807, 2.05) is 24.3 Å². The highest BCUT2D eigenvalue weighted by Crippen LogP contribution is 2.41. The van der Waals surface area contributed by atoms with Crippen LogP contribution in [-0.4, -0.2) is 48.9 Å². The lowest BCUT2D eigenvalue weighted by Crippen LogP contribution is -2.28. The Morgan fingerprint density at radius 3 is 1.85 bits per heavy atom. The second kappa shape index (κ2) is 14.3. The van der Waals surface area contributed by atoms with Crippen molar-refractivity contribution in [3.63, 3.8) is 0 Å². The first kappa shape index (κ1) is 35.7. The molecule has 52 heavy (non-hydrogen) atoms. The molecule has 4 aromatic carbocycles. The summed E-state index contributed by atoms with van der Waals surface area (Å²) >= 11 is 6.11. The van der Waals surface area contributed by atoms with Crippen LogP contribution in [0.25, 0.3) is 17.2 Å². The molecule has 0 fully saturated rings. The number of hydrazone groups is 2. The Hall–Kier alpha value is -6.11. The molecule has 0 radical (unpaired) electrons. The molecule has 18 heteroatoms. The molecule has 4 aromatic rings.